The van der Waals surface area contributed by atoms with Crippen molar-refractivity contribution < 1.29 is 24.5 Å². The smallest absolute Gasteiger partial charge is 0.305 e. The van der Waals surface area contributed by atoms with E-state index in [2.05, 4.69) is 43.5 Å². The highest BCUT2D eigenvalue weighted by atomic mass is 16.5. The predicted molar refractivity (Wildman–Crippen MR) is 356 cm³/mol. The first-order valence-corrected chi connectivity index (χ1v) is 36.8. The maximum Gasteiger partial charge on any atom is 0.305 e. The van der Waals surface area contributed by atoms with E-state index in [4.69, 9.17) is 4.74 Å². The second-order valence-corrected chi connectivity index (χ2v) is 25.3. The summed E-state index contributed by atoms with van der Waals surface area (Å²) in [5, 5.41) is 23.3. The summed E-state index contributed by atoms with van der Waals surface area (Å²) in [6, 6.07) is -0.628. The van der Waals surface area contributed by atoms with Crippen LogP contribution in [0.15, 0.2) is 36.5 Å². The number of aliphatic hydroxyl groups excluding tert-OH is 2. The Bertz CT molecular complexity index is 1310. The lowest BCUT2D eigenvalue weighted by molar-refractivity contribution is -0.143. The van der Waals surface area contributed by atoms with Gasteiger partial charge in [-0.15, -0.1) is 0 Å². The fourth-order valence-electron chi connectivity index (χ4n) is 11.6. The van der Waals surface area contributed by atoms with Gasteiger partial charge in [0.15, 0.2) is 0 Å². The molecule has 2 unspecified atom stereocenters. The Morgan fingerprint density at radius 2 is 0.642 bits per heavy atom. The lowest BCUT2D eigenvalue weighted by Gasteiger charge is -2.20. The molecule has 0 aliphatic rings. The molecule has 0 heterocycles. The van der Waals surface area contributed by atoms with Crippen molar-refractivity contribution in [3.63, 3.8) is 0 Å². The minimum atomic E-state index is -0.845. The van der Waals surface area contributed by atoms with Crippen molar-refractivity contribution in [3.05, 3.63) is 36.5 Å². The summed E-state index contributed by atoms with van der Waals surface area (Å²) >= 11 is 0. The summed E-state index contributed by atoms with van der Waals surface area (Å²) in [7, 11) is 0. The number of rotatable bonds is 69. The number of carbonyl (C=O) groups is 2. The average molecular weight is 1140 g/mol. The first kappa shape index (κ1) is 79.1. The molecule has 0 radical (unpaired) electrons. The topological polar surface area (TPSA) is 95.9 Å². The number of esters is 1. The van der Waals surface area contributed by atoms with Crippen molar-refractivity contribution >= 4 is 11.9 Å². The number of unbranched alkanes of at least 4 members (excludes halogenated alkanes) is 54. The maximum atomic E-state index is 12.5. The van der Waals surface area contributed by atoms with Gasteiger partial charge in [0.25, 0.3) is 0 Å². The van der Waals surface area contributed by atoms with Crippen LogP contribution in [0.3, 0.4) is 0 Å². The van der Waals surface area contributed by atoms with Gasteiger partial charge in [-0.1, -0.05) is 371 Å². The average Bonchev–Trinajstić information content (AvgIpc) is 3.47. The molecule has 0 bridgehead atoms. The summed E-state index contributed by atoms with van der Waals surface area (Å²) in [5.41, 5.74) is 0. The molecule has 478 valence electrons. The van der Waals surface area contributed by atoms with E-state index >= 15 is 0 Å². The highest BCUT2D eigenvalue weighted by molar-refractivity contribution is 5.76. The molecule has 0 aromatic heterocycles. The fourth-order valence-corrected chi connectivity index (χ4v) is 11.6. The summed E-state index contributed by atoms with van der Waals surface area (Å²) in [4.78, 5) is 24.6. The molecule has 81 heavy (non-hydrogen) atoms. The van der Waals surface area contributed by atoms with Crippen LogP contribution >= 0.6 is 0 Å². The van der Waals surface area contributed by atoms with Crippen LogP contribution in [-0.4, -0.2) is 47.4 Å². The van der Waals surface area contributed by atoms with Gasteiger partial charge in [-0.3, -0.25) is 9.59 Å². The highest BCUT2D eigenvalue weighted by Crippen LogP contribution is 2.19. The second kappa shape index (κ2) is 70.6. The largest absolute Gasteiger partial charge is 0.466 e. The van der Waals surface area contributed by atoms with Crippen molar-refractivity contribution in [1.29, 1.82) is 0 Å². The van der Waals surface area contributed by atoms with Crippen molar-refractivity contribution in [3.8, 4) is 0 Å². The molecule has 0 rings (SSSR count). The van der Waals surface area contributed by atoms with Gasteiger partial charge in [0.05, 0.1) is 25.4 Å². The molecule has 0 aromatic rings. The first-order valence-electron chi connectivity index (χ1n) is 36.8. The molecule has 0 aliphatic heterocycles. The van der Waals surface area contributed by atoms with E-state index in [-0.39, 0.29) is 18.5 Å². The Kier molecular flexibility index (Phi) is 68.9. The SMILES string of the molecule is CCC/C=C\C/C=C\CCCCCCCC(=O)OCCCCCCCCCCCCCCCCCCCCCCCCCCCCC(=O)NC(CO)C(O)/C=C/CCCCCCCCCCCCCCCCCCCCCCCCC. The number of ether oxygens (including phenoxy) is 1. The summed E-state index contributed by atoms with van der Waals surface area (Å²) in [6.45, 7) is 4.87. The molecule has 0 saturated carbocycles. The lowest BCUT2D eigenvalue weighted by atomic mass is 10.0. The highest BCUT2D eigenvalue weighted by Gasteiger charge is 2.18. The number of hydrogen-bond donors (Lipinski definition) is 3. The number of amides is 1. The summed E-state index contributed by atoms with van der Waals surface area (Å²) in [5.74, 6) is -0.0593. The predicted octanol–water partition coefficient (Wildman–Crippen LogP) is 23.9. The summed E-state index contributed by atoms with van der Waals surface area (Å²) < 4.78 is 5.48. The number of aliphatic hydroxyl groups is 2. The van der Waals surface area contributed by atoms with Crippen molar-refractivity contribution in [2.45, 2.75) is 418 Å². The molecule has 0 spiro atoms. The number of carbonyl (C=O) groups excluding carboxylic acids is 2. The Balaban J connectivity index is 3.39. The van der Waals surface area contributed by atoms with E-state index in [1.165, 1.54) is 327 Å². The van der Waals surface area contributed by atoms with Crippen LogP contribution in [0.5, 0.6) is 0 Å². The normalized spacial score (nSPS) is 12.7. The minimum Gasteiger partial charge on any atom is -0.466 e. The Labute approximate surface area is 506 Å². The van der Waals surface area contributed by atoms with Crippen LogP contribution in [0, 0.1) is 0 Å². The summed E-state index contributed by atoms with van der Waals surface area (Å²) in [6.07, 6.45) is 90.9. The number of nitrogens with one attached hydrogen (secondary N) is 1. The van der Waals surface area contributed by atoms with E-state index in [1.807, 2.05) is 6.08 Å². The molecule has 0 saturated heterocycles. The zero-order valence-electron chi connectivity index (χ0n) is 54.8. The zero-order valence-corrected chi connectivity index (χ0v) is 54.8. The van der Waals surface area contributed by atoms with E-state index in [9.17, 15) is 19.8 Å². The Morgan fingerprint density at radius 3 is 0.988 bits per heavy atom. The van der Waals surface area contributed by atoms with E-state index < -0.39 is 12.1 Å². The molecule has 0 fully saturated rings. The third-order valence-electron chi connectivity index (χ3n) is 17.1. The standard InChI is InChI=1S/C75H143NO5/c1-3-5-7-9-11-13-15-17-18-19-20-21-22-25-28-31-34-37-40-44-47-51-55-59-63-67-73(78)72(71-77)76-74(79)68-64-60-56-52-48-45-41-38-35-32-29-26-23-24-27-30-33-36-39-42-46-50-54-58-62-66-70-81-75(80)69-65-61-57-53-49-43-16-14-12-10-8-6-4-2/h8,10,14,16,63,67,72-73,77-78H,3-7,9,11-13,15,17-62,64-66,68-71H2,1-2H3,(H,76,79)/b10-8-,16-14-,67-63+. The van der Waals surface area contributed by atoms with Crippen molar-refractivity contribution in [2.75, 3.05) is 13.2 Å². The van der Waals surface area contributed by atoms with Crippen LogP contribution in [0.2, 0.25) is 0 Å². The number of hydrogen-bond acceptors (Lipinski definition) is 5. The van der Waals surface area contributed by atoms with Gasteiger partial charge in [0.1, 0.15) is 0 Å². The fraction of sp³-hybridized carbons (Fsp3) is 0.893. The Hall–Kier alpha value is -1.92. The van der Waals surface area contributed by atoms with Crippen LogP contribution in [0.1, 0.15) is 406 Å². The quantitative estimate of drug-likeness (QED) is 0.0320. The molecule has 6 nitrogen and oxygen atoms in total. The van der Waals surface area contributed by atoms with Gasteiger partial charge in [-0.05, 0) is 57.8 Å². The van der Waals surface area contributed by atoms with Crippen LogP contribution in [0.4, 0.5) is 0 Å². The molecular formula is C75H143NO5. The lowest BCUT2D eigenvalue weighted by Crippen LogP contribution is -2.45. The number of allylic oxidation sites excluding steroid dienone is 5. The molecule has 6 heteroatoms. The molecule has 1 amide bonds. The third kappa shape index (κ3) is 67.1. The Morgan fingerprint density at radius 1 is 0.346 bits per heavy atom. The molecule has 2 atom stereocenters. The van der Waals surface area contributed by atoms with Crippen molar-refractivity contribution in [2.24, 2.45) is 0 Å². The van der Waals surface area contributed by atoms with Crippen molar-refractivity contribution in [1.82, 2.24) is 5.32 Å². The van der Waals surface area contributed by atoms with E-state index in [0.29, 0.717) is 19.4 Å². The van der Waals surface area contributed by atoms with Gasteiger partial charge in [-0.25, -0.2) is 0 Å². The molecular weight excluding hydrogens is 995 g/mol. The van der Waals surface area contributed by atoms with Crippen LogP contribution < -0.4 is 5.32 Å². The third-order valence-corrected chi connectivity index (χ3v) is 17.1. The minimum absolute atomic E-state index is 0.00203. The van der Waals surface area contributed by atoms with Gasteiger partial charge < -0.3 is 20.3 Å². The second-order valence-electron chi connectivity index (χ2n) is 25.3. The molecule has 3 N–H and O–H groups in total. The van der Waals surface area contributed by atoms with Gasteiger partial charge >= 0.3 is 5.97 Å². The van der Waals surface area contributed by atoms with Gasteiger partial charge in [-0.2, -0.15) is 0 Å². The zero-order chi connectivity index (χ0) is 58.5. The van der Waals surface area contributed by atoms with Gasteiger partial charge in [0.2, 0.25) is 5.91 Å². The van der Waals surface area contributed by atoms with E-state index in [1.54, 1.807) is 6.08 Å². The maximum absolute atomic E-state index is 12.5. The monoisotopic (exact) mass is 1140 g/mol. The van der Waals surface area contributed by atoms with Gasteiger partial charge in [0, 0.05) is 12.8 Å². The van der Waals surface area contributed by atoms with Crippen LogP contribution in [-0.2, 0) is 14.3 Å². The molecule has 0 aromatic carbocycles. The van der Waals surface area contributed by atoms with E-state index in [0.717, 1.165) is 51.4 Å². The first-order chi connectivity index (χ1) is 40.0. The van der Waals surface area contributed by atoms with Crippen LogP contribution in [0.25, 0.3) is 0 Å². The molecule has 0 aliphatic carbocycles.